The van der Waals surface area contributed by atoms with Crippen molar-refractivity contribution >= 4 is 11.6 Å². The molecule has 1 aliphatic rings. The van der Waals surface area contributed by atoms with Crippen LogP contribution in [0.4, 0.5) is 0 Å². The van der Waals surface area contributed by atoms with Gasteiger partial charge in [0.2, 0.25) is 0 Å². The molecule has 3 heteroatoms. The van der Waals surface area contributed by atoms with E-state index in [-0.39, 0.29) is 11.5 Å². The van der Waals surface area contributed by atoms with Gasteiger partial charge in [0.1, 0.15) is 0 Å². The van der Waals surface area contributed by atoms with Gasteiger partial charge in [0.25, 0.3) is 0 Å². The Morgan fingerprint density at radius 1 is 1.33 bits per heavy atom. The van der Waals surface area contributed by atoms with Crippen molar-refractivity contribution in [1.82, 2.24) is 4.90 Å². The van der Waals surface area contributed by atoms with Crippen LogP contribution in [0.2, 0.25) is 5.02 Å². The summed E-state index contributed by atoms with van der Waals surface area (Å²) in [7, 11) is 2.15. The lowest BCUT2D eigenvalue weighted by atomic mass is 9.69. The van der Waals surface area contributed by atoms with Gasteiger partial charge < -0.3 is 5.11 Å². The number of benzene rings is 1. The zero-order chi connectivity index (χ0) is 15.6. The number of aliphatic hydroxyl groups is 1. The monoisotopic (exact) mass is 309 g/mol. The fraction of sp³-hybridized carbons (Fsp3) is 0.667. The molecule has 0 spiro atoms. The summed E-state index contributed by atoms with van der Waals surface area (Å²) < 4.78 is 0. The van der Waals surface area contributed by atoms with E-state index in [1.54, 1.807) is 0 Å². The standard InChI is InChI=1S/C18H28ClNO/c1-13(14-7-9-16(19)10-8-14)20(4)12-15-6-5-11-18(2,3)17(15)21/h7-10,13,15,17,21H,5-6,11-12H2,1-4H3. The van der Waals surface area contributed by atoms with Gasteiger partial charge in [-0.1, -0.05) is 44.0 Å². The van der Waals surface area contributed by atoms with Crippen LogP contribution in [0.3, 0.4) is 0 Å². The topological polar surface area (TPSA) is 23.5 Å². The van der Waals surface area contributed by atoms with Gasteiger partial charge in [-0.05, 0) is 55.8 Å². The third-order valence-corrected chi connectivity index (χ3v) is 5.43. The molecule has 0 radical (unpaired) electrons. The quantitative estimate of drug-likeness (QED) is 0.884. The highest BCUT2D eigenvalue weighted by molar-refractivity contribution is 6.30. The molecule has 0 amide bonds. The molecule has 0 aromatic heterocycles. The van der Waals surface area contributed by atoms with Gasteiger partial charge in [-0.25, -0.2) is 0 Å². The molecular formula is C18H28ClNO. The molecule has 0 aliphatic heterocycles. The minimum Gasteiger partial charge on any atom is -0.392 e. The Balaban J connectivity index is 2.00. The van der Waals surface area contributed by atoms with Crippen LogP contribution < -0.4 is 0 Å². The van der Waals surface area contributed by atoms with Gasteiger partial charge in [-0.15, -0.1) is 0 Å². The molecule has 2 nitrogen and oxygen atoms in total. The predicted molar refractivity (Wildman–Crippen MR) is 89.6 cm³/mol. The van der Waals surface area contributed by atoms with Crippen molar-refractivity contribution in [2.24, 2.45) is 11.3 Å². The number of halogens is 1. The van der Waals surface area contributed by atoms with Crippen molar-refractivity contribution in [1.29, 1.82) is 0 Å². The Morgan fingerprint density at radius 2 is 1.95 bits per heavy atom. The molecule has 1 aromatic rings. The van der Waals surface area contributed by atoms with Crippen LogP contribution in [0, 0.1) is 11.3 Å². The maximum Gasteiger partial charge on any atom is 0.0631 e. The van der Waals surface area contributed by atoms with Gasteiger partial charge in [-0.3, -0.25) is 4.90 Å². The van der Waals surface area contributed by atoms with Crippen LogP contribution in [0.15, 0.2) is 24.3 Å². The van der Waals surface area contributed by atoms with E-state index in [0.29, 0.717) is 12.0 Å². The van der Waals surface area contributed by atoms with Gasteiger partial charge in [-0.2, -0.15) is 0 Å². The van der Waals surface area contributed by atoms with Crippen molar-refractivity contribution < 1.29 is 5.11 Å². The average molecular weight is 310 g/mol. The van der Waals surface area contributed by atoms with E-state index in [4.69, 9.17) is 11.6 Å². The summed E-state index contributed by atoms with van der Waals surface area (Å²) in [6.07, 6.45) is 3.27. The van der Waals surface area contributed by atoms with Crippen molar-refractivity contribution in [3.63, 3.8) is 0 Å². The van der Waals surface area contributed by atoms with E-state index in [1.165, 1.54) is 12.0 Å². The van der Waals surface area contributed by atoms with Crippen LogP contribution in [-0.4, -0.2) is 29.7 Å². The molecule has 2 rings (SSSR count). The van der Waals surface area contributed by atoms with Crippen molar-refractivity contribution in [3.8, 4) is 0 Å². The lowest BCUT2D eigenvalue weighted by Crippen LogP contribution is -2.44. The third-order valence-electron chi connectivity index (χ3n) is 5.18. The Labute approximate surface area is 134 Å². The largest absolute Gasteiger partial charge is 0.392 e. The van der Waals surface area contributed by atoms with E-state index >= 15 is 0 Å². The summed E-state index contributed by atoms with van der Waals surface area (Å²) in [5.41, 5.74) is 1.32. The Bertz CT molecular complexity index is 457. The molecule has 0 bridgehead atoms. The van der Waals surface area contributed by atoms with E-state index < -0.39 is 0 Å². The van der Waals surface area contributed by atoms with E-state index in [1.807, 2.05) is 12.1 Å². The van der Waals surface area contributed by atoms with E-state index in [9.17, 15) is 5.11 Å². The number of aliphatic hydroxyl groups excluding tert-OH is 1. The SMILES string of the molecule is CC(c1ccc(Cl)cc1)N(C)CC1CCCC(C)(C)C1O. The van der Waals surface area contributed by atoms with Crippen molar-refractivity contribution in [3.05, 3.63) is 34.9 Å². The highest BCUT2D eigenvalue weighted by Crippen LogP contribution is 2.39. The highest BCUT2D eigenvalue weighted by Gasteiger charge is 2.38. The average Bonchev–Trinajstić information content (AvgIpc) is 2.44. The Hall–Kier alpha value is -0.570. The second kappa shape index (κ2) is 6.68. The van der Waals surface area contributed by atoms with Crippen LogP contribution in [0.1, 0.15) is 51.6 Å². The molecule has 1 N–H and O–H groups in total. The summed E-state index contributed by atoms with van der Waals surface area (Å²) in [4.78, 5) is 2.35. The Morgan fingerprint density at radius 3 is 2.57 bits per heavy atom. The fourth-order valence-corrected chi connectivity index (χ4v) is 3.60. The molecule has 1 aromatic carbocycles. The summed E-state index contributed by atoms with van der Waals surface area (Å²) >= 11 is 5.96. The molecule has 0 saturated heterocycles. The predicted octanol–water partition coefficient (Wildman–Crippen LogP) is 4.52. The van der Waals surface area contributed by atoms with E-state index in [2.05, 4.69) is 44.9 Å². The molecule has 1 saturated carbocycles. The molecule has 118 valence electrons. The van der Waals surface area contributed by atoms with Gasteiger partial charge in [0.05, 0.1) is 6.10 Å². The second-order valence-electron chi connectivity index (χ2n) is 7.25. The lowest BCUT2D eigenvalue weighted by molar-refractivity contribution is -0.0437. The number of hydrogen-bond acceptors (Lipinski definition) is 2. The molecule has 3 unspecified atom stereocenters. The van der Waals surface area contributed by atoms with Crippen LogP contribution >= 0.6 is 11.6 Å². The maximum atomic E-state index is 10.6. The smallest absolute Gasteiger partial charge is 0.0631 e. The normalized spacial score (nSPS) is 26.8. The molecule has 21 heavy (non-hydrogen) atoms. The zero-order valence-electron chi connectivity index (χ0n) is 13.6. The van der Waals surface area contributed by atoms with Gasteiger partial charge in [0, 0.05) is 17.6 Å². The first-order valence-corrected chi connectivity index (χ1v) is 8.33. The maximum absolute atomic E-state index is 10.6. The zero-order valence-corrected chi connectivity index (χ0v) is 14.4. The minimum atomic E-state index is -0.203. The number of nitrogens with zero attached hydrogens (tertiary/aromatic N) is 1. The van der Waals surface area contributed by atoms with Gasteiger partial charge in [0.15, 0.2) is 0 Å². The molecule has 1 aliphatic carbocycles. The number of hydrogen-bond donors (Lipinski definition) is 1. The second-order valence-corrected chi connectivity index (χ2v) is 7.69. The van der Waals surface area contributed by atoms with Crippen molar-refractivity contribution in [2.75, 3.05) is 13.6 Å². The van der Waals surface area contributed by atoms with Crippen LogP contribution in [0.5, 0.6) is 0 Å². The first-order valence-electron chi connectivity index (χ1n) is 7.95. The fourth-order valence-electron chi connectivity index (χ4n) is 3.48. The van der Waals surface area contributed by atoms with Crippen LogP contribution in [-0.2, 0) is 0 Å². The minimum absolute atomic E-state index is 0.0489. The van der Waals surface area contributed by atoms with Crippen LogP contribution in [0.25, 0.3) is 0 Å². The molecular weight excluding hydrogens is 282 g/mol. The summed E-state index contributed by atoms with van der Waals surface area (Å²) in [6.45, 7) is 7.52. The number of rotatable bonds is 4. The summed E-state index contributed by atoms with van der Waals surface area (Å²) in [5, 5.41) is 11.4. The molecule has 1 fully saturated rings. The first kappa shape index (κ1) is 16.8. The van der Waals surface area contributed by atoms with E-state index in [0.717, 1.165) is 24.4 Å². The third kappa shape index (κ3) is 4.00. The summed E-state index contributed by atoms with van der Waals surface area (Å²) in [5.74, 6) is 0.369. The highest BCUT2D eigenvalue weighted by atomic mass is 35.5. The Kier molecular flexibility index (Phi) is 5.34. The van der Waals surface area contributed by atoms with Gasteiger partial charge >= 0.3 is 0 Å². The van der Waals surface area contributed by atoms with Crippen molar-refractivity contribution in [2.45, 2.75) is 52.2 Å². The molecule has 3 atom stereocenters. The first-order chi connectivity index (χ1) is 9.81. The summed E-state index contributed by atoms with van der Waals surface area (Å²) in [6, 6.07) is 8.40. The molecule has 0 heterocycles. The lowest BCUT2D eigenvalue weighted by Gasteiger charge is -2.43.